The lowest BCUT2D eigenvalue weighted by molar-refractivity contribution is -0.917. The Balaban J connectivity index is 0.00000612. The number of halogens is 2. The summed E-state index contributed by atoms with van der Waals surface area (Å²) < 4.78 is 1.17. The molecular formula is C28H42Br2N2O4. The fourth-order valence-electron chi connectivity index (χ4n) is 4.60. The molecule has 2 aromatic rings. The van der Waals surface area contributed by atoms with Crippen LogP contribution in [0.4, 0.5) is 0 Å². The van der Waals surface area contributed by atoms with Crippen molar-refractivity contribution >= 4 is 11.6 Å². The molecule has 0 fully saturated rings. The number of carbonyl (C=O) groups is 2. The number of benzene rings is 2. The summed E-state index contributed by atoms with van der Waals surface area (Å²) in [6.45, 7) is 13.5. The highest BCUT2D eigenvalue weighted by Gasteiger charge is 2.28. The maximum Gasteiger partial charge on any atom is 0.216 e. The van der Waals surface area contributed by atoms with Crippen LogP contribution in [-0.4, -0.2) is 96.3 Å². The second kappa shape index (κ2) is 16.4. The van der Waals surface area contributed by atoms with Crippen LogP contribution in [0.5, 0.6) is 0 Å². The number of hydrogen-bond donors (Lipinski definition) is 2. The van der Waals surface area contributed by atoms with Gasteiger partial charge >= 0.3 is 0 Å². The molecule has 0 unspecified atom stereocenters. The molecule has 0 aliphatic rings. The maximum absolute atomic E-state index is 12.9. The van der Waals surface area contributed by atoms with E-state index < -0.39 is 0 Å². The predicted molar refractivity (Wildman–Crippen MR) is 137 cm³/mol. The summed E-state index contributed by atoms with van der Waals surface area (Å²) >= 11 is 0. The molecule has 6 nitrogen and oxygen atoms in total. The van der Waals surface area contributed by atoms with Gasteiger partial charge in [-0.3, -0.25) is 9.59 Å². The minimum absolute atomic E-state index is 0. The van der Waals surface area contributed by atoms with E-state index in [-0.39, 0.29) is 58.7 Å². The van der Waals surface area contributed by atoms with Gasteiger partial charge in [0.15, 0.2) is 0 Å². The molecule has 0 aromatic heterocycles. The van der Waals surface area contributed by atoms with E-state index in [1.165, 1.54) is 0 Å². The Morgan fingerprint density at radius 2 is 0.861 bits per heavy atom. The quantitative estimate of drug-likeness (QED) is 0.168. The Labute approximate surface area is 237 Å². The topological polar surface area (TPSA) is 74.6 Å². The van der Waals surface area contributed by atoms with Crippen LogP contribution >= 0.6 is 0 Å². The van der Waals surface area contributed by atoms with Crippen LogP contribution in [0.15, 0.2) is 48.5 Å². The van der Waals surface area contributed by atoms with Crippen molar-refractivity contribution in [2.75, 3.05) is 65.6 Å². The largest absolute Gasteiger partial charge is 1.00 e. The number of hydrogen-bond acceptors (Lipinski definition) is 4. The minimum atomic E-state index is 0. The van der Waals surface area contributed by atoms with Gasteiger partial charge in [-0.15, -0.1) is 0 Å². The molecule has 2 aromatic carbocycles. The number of rotatable bonds is 15. The third-order valence-corrected chi connectivity index (χ3v) is 7.54. The van der Waals surface area contributed by atoms with Gasteiger partial charge in [-0.25, -0.2) is 0 Å². The zero-order chi connectivity index (χ0) is 25.2. The first-order valence-corrected chi connectivity index (χ1v) is 12.5. The number of nitrogens with zero attached hydrogens (tertiary/aromatic N) is 2. The first-order chi connectivity index (χ1) is 16.3. The minimum Gasteiger partial charge on any atom is -1.00 e. The van der Waals surface area contributed by atoms with Crippen molar-refractivity contribution < 1.29 is 62.7 Å². The summed E-state index contributed by atoms with van der Waals surface area (Å²) in [4.78, 5) is 25.8. The van der Waals surface area contributed by atoms with Crippen molar-refractivity contribution in [1.29, 1.82) is 0 Å². The second-order valence-electron chi connectivity index (χ2n) is 9.16. The van der Waals surface area contributed by atoms with E-state index in [0.717, 1.165) is 37.3 Å². The van der Waals surface area contributed by atoms with Crippen LogP contribution < -0.4 is 34.0 Å². The van der Waals surface area contributed by atoms with E-state index in [9.17, 15) is 19.8 Å². The molecular weight excluding hydrogens is 588 g/mol. The molecule has 2 N–H and O–H groups in total. The molecule has 0 amide bonds. The summed E-state index contributed by atoms with van der Waals surface area (Å²) in [5.74, 6) is 0.168. The fourth-order valence-corrected chi connectivity index (χ4v) is 4.60. The molecule has 0 aliphatic carbocycles. The van der Waals surface area contributed by atoms with Gasteiger partial charge in [-0.05, 0) is 38.8 Å². The van der Waals surface area contributed by atoms with E-state index in [0.29, 0.717) is 46.3 Å². The van der Waals surface area contributed by atoms with E-state index >= 15 is 0 Å². The standard InChI is InChI=1S/C28H42N2O4.2BrH/c1-5-29(6-2,17-19-31)21-27(33)25-13-9-23(10-14-25)24-11-15-26(16-12-24)28(34)22-30(7-3,8-4)18-20-32;;/h9-16,31-32H,5-8,17-22H2,1-4H3;2*1H/q+2;;/p-2. The van der Waals surface area contributed by atoms with Gasteiger partial charge in [0.2, 0.25) is 11.6 Å². The first kappa shape index (κ1) is 34.6. The maximum atomic E-state index is 12.9. The first-order valence-electron chi connectivity index (χ1n) is 12.5. The van der Waals surface area contributed by atoms with Crippen LogP contribution in [-0.2, 0) is 0 Å². The molecule has 0 bridgehead atoms. The van der Waals surface area contributed by atoms with E-state index in [1.807, 2.05) is 48.5 Å². The van der Waals surface area contributed by atoms with Gasteiger partial charge < -0.3 is 53.1 Å². The summed E-state index contributed by atoms with van der Waals surface area (Å²) in [6.07, 6.45) is 0. The van der Waals surface area contributed by atoms with Gasteiger partial charge in [0.25, 0.3) is 0 Å². The highest BCUT2D eigenvalue weighted by atomic mass is 79.9. The highest BCUT2D eigenvalue weighted by Crippen LogP contribution is 2.22. The molecule has 8 heteroatoms. The lowest BCUT2D eigenvalue weighted by atomic mass is 9.99. The Morgan fingerprint density at radius 1 is 0.583 bits per heavy atom. The van der Waals surface area contributed by atoms with Gasteiger partial charge in [-0.1, -0.05) is 48.5 Å². The molecule has 0 radical (unpaired) electrons. The van der Waals surface area contributed by atoms with Gasteiger partial charge in [0.1, 0.15) is 26.2 Å². The van der Waals surface area contributed by atoms with Crippen molar-refractivity contribution in [3.05, 3.63) is 59.7 Å². The molecule has 0 heterocycles. The zero-order valence-electron chi connectivity index (χ0n) is 22.1. The number of aliphatic hydroxyl groups is 2. The lowest BCUT2D eigenvalue weighted by Crippen LogP contribution is -3.00. The number of ketones is 2. The van der Waals surface area contributed by atoms with Crippen molar-refractivity contribution in [2.24, 2.45) is 0 Å². The fraction of sp³-hybridized carbons (Fsp3) is 0.500. The number of quaternary nitrogens is 2. The third kappa shape index (κ3) is 8.85. The summed E-state index contributed by atoms with van der Waals surface area (Å²) in [7, 11) is 0. The molecule has 0 saturated heterocycles. The molecule has 0 aliphatic heterocycles. The van der Waals surface area contributed by atoms with Crippen LogP contribution in [0.1, 0.15) is 48.4 Å². The number of Topliss-reactive ketones (excluding diaryl/α,β-unsaturated/α-hetero) is 2. The SMILES string of the molecule is CC[N+](CC)(CCO)CC(=O)c1ccc(-c2ccc(C(=O)C[N+](CC)(CC)CCO)cc2)cc1.[Br-].[Br-]. The highest BCUT2D eigenvalue weighted by molar-refractivity contribution is 5.98. The van der Waals surface area contributed by atoms with Crippen LogP contribution in [0, 0.1) is 0 Å². The third-order valence-electron chi connectivity index (χ3n) is 7.54. The Morgan fingerprint density at radius 3 is 1.08 bits per heavy atom. The molecule has 202 valence electrons. The van der Waals surface area contributed by atoms with Crippen molar-refractivity contribution in [2.45, 2.75) is 27.7 Å². The van der Waals surface area contributed by atoms with E-state index in [2.05, 4.69) is 27.7 Å². The number of likely N-dealkylation sites (N-methyl/N-ethyl adjacent to an activating group) is 2. The van der Waals surface area contributed by atoms with Crippen molar-refractivity contribution in [3.63, 3.8) is 0 Å². The molecule has 36 heavy (non-hydrogen) atoms. The summed E-state index contributed by atoms with van der Waals surface area (Å²) in [5, 5.41) is 18.8. The monoisotopic (exact) mass is 628 g/mol. The van der Waals surface area contributed by atoms with Gasteiger partial charge in [0, 0.05) is 11.1 Å². The molecule has 0 spiro atoms. The average molecular weight is 630 g/mol. The van der Waals surface area contributed by atoms with Gasteiger partial charge in [-0.2, -0.15) is 0 Å². The molecule has 0 atom stereocenters. The Kier molecular flexibility index (Phi) is 15.8. The lowest BCUT2D eigenvalue weighted by Gasteiger charge is -2.35. The summed E-state index contributed by atoms with van der Waals surface area (Å²) in [5.41, 5.74) is 3.33. The van der Waals surface area contributed by atoms with Crippen LogP contribution in [0.2, 0.25) is 0 Å². The van der Waals surface area contributed by atoms with Crippen molar-refractivity contribution in [3.8, 4) is 11.1 Å². The van der Waals surface area contributed by atoms with E-state index in [1.54, 1.807) is 0 Å². The molecule has 0 saturated carbocycles. The Hall–Kier alpha value is -1.42. The normalized spacial score (nSPS) is 11.4. The Bertz CT molecular complexity index is 848. The summed E-state index contributed by atoms with van der Waals surface area (Å²) in [6, 6.07) is 15.2. The molecule has 2 rings (SSSR count). The number of aliphatic hydroxyl groups excluding tert-OH is 2. The van der Waals surface area contributed by atoms with Gasteiger partial charge in [0.05, 0.1) is 39.4 Å². The zero-order valence-corrected chi connectivity index (χ0v) is 25.2. The second-order valence-corrected chi connectivity index (χ2v) is 9.16. The number of carbonyl (C=O) groups excluding carboxylic acids is 2. The van der Waals surface area contributed by atoms with Crippen LogP contribution in [0.25, 0.3) is 11.1 Å². The van der Waals surface area contributed by atoms with Crippen LogP contribution in [0.3, 0.4) is 0 Å². The van der Waals surface area contributed by atoms with Crippen molar-refractivity contribution in [1.82, 2.24) is 0 Å². The average Bonchev–Trinajstić information content (AvgIpc) is 2.88. The predicted octanol–water partition coefficient (Wildman–Crippen LogP) is -2.58. The smallest absolute Gasteiger partial charge is 0.216 e. The van der Waals surface area contributed by atoms with E-state index in [4.69, 9.17) is 0 Å².